The van der Waals surface area contributed by atoms with Gasteiger partial charge in [0, 0.05) is 10.6 Å². The summed E-state index contributed by atoms with van der Waals surface area (Å²) >= 11 is 5.76. The fourth-order valence-corrected chi connectivity index (χ4v) is 1.30. The van der Waals surface area contributed by atoms with Crippen LogP contribution in [0.3, 0.4) is 0 Å². The van der Waals surface area contributed by atoms with E-state index in [1.54, 1.807) is 18.2 Å². The highest BCUT2D eigenvalue weighted by Crippen LogP contribution is 2.24. The number of hydrogen-bond acceptors (Lipinski definition) is 3. The molecule has 0 aromatic heterocycles. The third kappa shape index (κ3) is 2.75. The van der Waals surface area contributed by atoms with Crippen LogP contribution < -0.4 is 4.74 Å². The first-order chi connectivity index (χ1) is 7.58. The van der Waals surface area contributed by atoms with Gasteiger partial charge >= 0.3 is 5.97 Å². The zero-order valence-electron chi connectivity index (χ0n) is 8.40. The predicted octanol–water partition coefficient (Wildman–Crippen LogP) is 2.34. The second kappa shape index (κ2) is 5.19. The number of hydrogen-bond donors (Lipinski definition) is 1. The molecular weight excluding hydrogens is 230 g/mol. The molecule has 0 heterocycles. The van der Waals surface area contributed by atoms with Crippen LogP contribution in [0.5, 0.6) is 5.75 Å². The third-order valence-electron chi connectivity index (χ3n) is 1.84. The first kappa shape index (κ1) is 12.1. The summed E-state index contributed by atoms with van der Waals surface area (Å²) in [5.41, 5.74) is 0.0783. The predicted molar refractivity (Wildman–Crippen MR) is 59.2 cm³/mol. The lowest BCUT2D eigenvalue weighted by Gasteiger charge is -2.04. The maximum atomic E-state index is 10.7. The van der Waals surface area contributed by atoms with E-state index >= 15 is 0 Å². The van der Waals surface area contributed by atoms with Gasteiger partial charge in [-0.2, -0.15) is 5.26 Å². The first-order valence-corrected chi connectivity index (χ1v) is 4.65. The number of carboxylic acids is 1. The Morgan fingerprint density at radius 2 is 2.31 bits per heavy atom. The highest BCUT2D eigenvalue weighted by molar-refractivity contribution is 6.30. The normalized spacial score (nSPS) is 10.7. The average molecular weight is 238 g/mol. The zero-order chi connectivity index (χ0) is 12.1. The number of carbonyl (C=O) groups is 1. The van der Waals surface area contributed by atoms with Gasteiger partial charge in [-0.3, -0.25) is 0 Å². The molecule has 16 heavy (non-hydrogen) atoms. The van der Waals surface area contributed by atoms with Crippen molar-refractivity contribution in [3.05, 3.63) is 34.4 Å². The second-order valence-electron chi connectivity index (χ2n) is 2.86. The quantitative estimate of drug-likeness (QED) is 0.647. The molecule has 1 rings (SSSR count). The third-order valence-corrected chi connectivity index (χ3v) is 2.08. The summed E-state index contributed by atoms with van der Waals surface area (Å²) in [7, 11) is 1.45. The van der Waals surface area contributed by atoms with Crippen LogP contribution in [0.15, 0.2) is 23.8 Å². The van der Waals surface area contributed by atoms with Crippen LogP contribution in [-0.2, 0) is 4.79 Å². The minimum absolute atomic E-state index is 0.374. The Labute approximate surface area is 97.3 Å². The standard InChI is InChI=1S/C11H8ClNO3/c1-16-10-3-2-9(12)5-7(10)4-8(6-13)11(14)15/h2-5H,1H3,(H,14,15)/b8-4-. The van der Waals surface area contributed by atoms with E-state index in [2.05, 4.69) is 0 Å². The number of aliphatic carboxylic acids is 1. The largest absolute Gasteiger partial charge is 0.496 e. The number of nitriles is 1. The van der Waals surface area contributed by atoms with Gasteiger partial charge in [0.25, 0.3) is 0 Å². The number of rotatable bonds is 3. The van der Waals surface area contributed by atoms with Gasteiger partial charge in [0.1, 0.15) is 17.4 Å². The minimum atomic E-state index is -1.29. The van der Waals surface area contributed by atoms with Crippen LogP contribution in [0.1, 0.15) is 5.56 Å². The van der Waals surface area contributed by atoms with Crippen molar-refractivity contribution in [3.8, 4) is 11.8 Å². The molecule has 1 N–H and O–H groups in total. The number of methoxy groups -OCH3 is 1. The molecule has 0 bridgehead atoms. The maximum Gasteiger partial charge on any atom is 0.346 e. The van der Waals surface area contributed by atoms with E-state index in [0.29, 0.717) is 16.3 Å². The van der Waals surface area contributed by atoms with Gasteiger partial charge in [-0.25, -0.2) is 4.79 Å². The number of halogens is 1. The van der Waals surface area contributed by atoms with E-state index in [9.17, 15) is 4.79 Å². The van der Waals surface area contributed by atoms with Crippen molar-refractivity contribution in [3.63, 3.8) is 0 Å². The van der Waals surface area contributed by atoms with Crippen molar-refractivity contribution in [1.29, 1.82) is 5.26 Å². The van der Waals surface area contributed by atoms with Gasteiger partial charge in [0.15, 0.2) is 0 Å². The van der Waals surface area contributed by atoms with Crippen molar-refractivity contribution in [1.82, 2.24) is 0 Å². The van der Waals surface area contributed by atoms with Crippen molar-refractivity contribution in [2.75, 3.05) is 7.11 Å². The average Bonchev–Trinajstić information content (AvgIpc) is 2.25. The monoisotopic (exact) mass is 237 g/mol. The van der Waals surface area contributed by atoms with Gasteiger partial charge in [-0.05, 0) is 24.3 Å². The molecule has 5 heteroatoms. The van der Waals surface area contributed by atoms with Crippen molar-refractivity contribution in [2.45, 2.75) is 0 Å². The number of carboxylic acid groups (broad SMARTS) is 1. The Morgan fingerprint density at radius 1 is 1.62 bits per heavy atom. The molecule has 0 atom stereocenters. The molecule has 1 aromatic rings. The molecule has 0 saturated carbocycles. The van der Waals surface area contributed by atoms with Gasteiger partial charge in [-0.1, -0.05) is 11.6 Å². The molecule has 0 aliphatic heterocycles. The van der Waals surface area contributed by atoms with E-state index in [4.69, 9.17) is 26.7 Å². The Bertz CT molecular complexity index is 488. The van der Waals surface area contributed by atoms with Crippen LogP contribution in [0.4, 0.5) is 0 Å². The van der Waals surface area contributed by atoms with Crippen LogP contribution in [0.2, 0.25) is 5.02 Å². The van der Waals surface area contributed by atoms with Gasteiger partial charge in [-0.15, -0.1) is 0 Å². The molecule has 0 radical (unpaired) electrons. The van der Waals surface area contributed by atoms with Crippen LogP contribution in [0.25, 0.3) is 6.08 Å². The van der Waals surface area contributed by atoms with Crippen molar-refractivity contribution in [2.24, 2.45) is 0 Å². The fourth-order valence-electron chi connectivity index (χ4n) is 1.12. The van der Waals surface area contributed by atoms with Crippen molar-refractivity contribution >= 4 is 23.6 Å². The lowest BCUT2D eigenvalue weighted by Crippen LogP contribution is -1.98. The van der Waals surface area contributed by atoms with Gasteiger partial charge in [0.2, 0.25) is 0 Å². The Balaban J connectivity index is 3.27. The van der Waals surface area contributed by atoms with Crippen LogP contribution >= 0.6 is 11.6 Å². The van der Waals surface area contributed by atoms with E-state index in [1.807, 2.05) is 0 Å². The van der Waals surface area contributed by atoms with Crippen LogP contribution in [0, 0.1) is 11.3 Å². The molecule has 1 aromatic carbocycles. The Morgan fingerprint density at radius 3 is 2.81 bits per heavy atom. The lowest BCUT2D eigenvalue weighted by atomic mass is 10.1. The SMILES string of the molecule is COc1ccc(Cl)cc1/C=C(/C#N)C(=O)O. The topological polar surface area (TPSA) is 70.3 Å². The molecule has 0 fully saturated rings. The molecule has 82 valence electrons. The minimum Gasteiger partial charge on any atom is -0.496 e. The smallest absolute Gasteiger partial charge is 0.346 e. The summed E-state index contributed by atoms with van der Waals surface area (Å²) in [5, 5.41) is 17.8. The number of nitrogens with zero attached hydrogens (tertiary/aromatic N) is 1. The van der Waals surface area contributed by atoms with E-state index in [1.165, 1.54) is 19.3 Å². The van der Waals surface area contributed by atoms with Crippen molar-refractivity contribution < 1.29 is 14.6 Å². The Kier molecular flexibility index (Phi) is 3.92. The maximum absolute atomic E-state index is 10.7. The lowest BCUT2D eigenvalue weighted by molar-refractivity contribution is -0.132. The molecule has 0 aliphatic rings. The fraction of sp³-hybridized carbons (Fsp3) is 0.0909. The van der Waals surface area contributed by atoms with E-state index < -0.39 is 5.97 Å². The summed E-state index contributed by atoms with van der Waals surface area (Å²) in [5.74, 6) is -0.831. The highest BCUT2D eigenvalue weighted by atomic mass is 35.5. The molecule has 0 aliphatic carbocycles. The summed E-state index contributed by atoms with van der Waals surface area (Å²) in [4.78, 5) is 10.7. The Hall–Kier alpha value is -1.99. The molecular formula is C11H8ClNO3. The molecule has 0 spiro atoms. The number of ether oxygens (including phenoxy) is 1. The number of benzene rings is 1. The zero-order valence-corrected chi connectivity index (χ0v) is 9.15. The van der Waals surface area contributed by atoms with E-state index in [0.717, 1.165) is 0 Å². The summed E-state index contributed by atoms with van der Waals surface area (Å²) in [6.45, 7) is 0. The molecule has 0 unspecified atom stereocenters. The highest BCUT2D eigenvalue weighted by Gasteiger charge is 2.08. The molecule has 4 nitrogen and oxygen atoms in total. The first-order valence-electron chi connectivity index (χ1n) is 4.27. The van der Waals surface area contributed by atoms with Gasteiger partial charge < -0.3 is 9.84 Å². The van der Waals surface area contributed by atoms with Gasteiger partial charge in [0.05, 0.1) is 7.11 Å². The summed E-state index contributed by atoms with van der Waals surface area (Å²) in [6, 6.07) is 6.33. The summed E-state index contributed by atoms with van der Waals surface area (Å²) < 4.78 is 5.02. The van der Waals surface area contributed by atoms with Crippen LogP contribution in [-0.4, -0.2) is 18.2 Å². The molecule has 0 saturated heterocycles. The summed E-state index contributed by atoms with van der Waals surface area (Å²) in [6.07, 6.45) is 1.22. The molecule has 0 amide bonds. The second-order valence-corrected chi connectivity index (χ2v) is 3.30. The van der Waals surface area contributed by atoms with E-state index in [-0.39, 0.29) is 5.57 Å².